The Hall–Kier alpha value is -2.89. The number of nitrogens with two attached hydrogens (primary N) is 1. The molecule has 0 aliphatic heterocycles. The van der Waals surface area contributed by atoms with E-state index >= 15 is 0 Å². The number of benzene rings is 1. The van der Waals surface area contributed by atoms with Gasteiger partial charge in [0.1, 0.15) is 5.82 Å². The normalized spacial score (nSPS) is 10.8. The predicted molar refractivity (Wildman–Crippen MR) is 95.9 cm³/mol. The summed E-state index contributed by atoms with van der Waals surface area (Å²) in [5, 5.41) is 2.65. The highest BCUT2D eigenvalue weighted by molar-refractivity contribution is 5.98. The summed E-state index contributed by atoms with van der Waals surface area (Å²) in [5.74, 6) is -0.547. The maximum atomic E-state index is 14.4. The van der Waals surface area contributed by atoms with E-state index in [2.05, 4.69) is 10.3 Å². The first-order valence-corrected chi connectivity index (χ1v) is 8.05. The van der Waals surface area contributed by atoms with Crippen molar-refractivity contribution in [3.05, 3.63) is 65.1 Å². The second-order valence-electron chi connectivity index (χ2n) is 5.50. The molecule has 1 amide bonds. The number of anilines is 1. The molecule has 2 rings (SSSR count). The van der Waals surface area contributed by atoms with Crippen LogP contribution in [-0.2, 0) is 6.54 Å². The van der Waals surface area contributed by atoms with E-state index < -0.39 is 11.7 Å². The second-order valence-corrected chi connectivity index (χ2v) is 5.50. The number of amides is 1. The molecule has 3 N–H and O–H groups in total. The molecule has 0 fully saturated rings. The van der Waals surface area contributed by atoms with Gasteiger partial charge in [-0.25, -0.2) is 9.37 Å². The average molecular weight is 343 g/mol. The number of hydrogen-bond acceptors (Lipinski definition) is 4. The van der Waals surface area contributed by atoms with E-state index in [0.717, 1.165) is 5.69 Å². The number of ether oxygens (including phenoxy) is 1. The van der Waals surface area contributed by atoms with Crippen molar-refractivity contribution in [1.29, 1.82) is 0 Å². The van der Waals surface area contributed by atoms with Crippen LogP contribution in [0.1, 0.15) is 35.0 Å². The van der Waals surface area contributed by atoms with Crippen molar-refractivity contribution in [2.45, 2.75) is 26.8 Å². The number of allylic oxidation sites excluding steroid dienone is 1. The van der Waals surface area contributed by atoms with Gasteiger partial charge >= 0.3 is 0 Å². The molecule has 1 aromatic carbocycles. The molecule has 1 aromatic heterocycles. The van der Waals surface area contributed by atoms with Crippen LogP contribution in [0.4, 0.5) is 10.2 Å². The molecule has 2 aromatic rings. The third-order valence-corrected chi connectivity index (χ3v) is 3.57. The quantitative estimate of drug-likeness (QED) is 0.597. The number of pyridine rings is 1. The minimum Gasteiger partial charge on any atom is -0.490 e. The zero-order valence-electron chi connectivity index (χ0n) is 14.4. The van der Waals surface area contributed by atoms with Crippen LogP contribution in [-0.4, -0.2) is 17.5 Å². The Kier molecular flexibility index (Phi) is 6.51. The molecule has 0 radical (unpaired) electrons. The van der Waals surface area contributed by atoms with Crippen LogP contribution in [0.5, 0.6) is 5.75 Å². The van der Waals surface area contributed by atoms with Crippen molar-refractivity contribution in [2.75, 3.05) is 12.3 Å². The Labute approximate surface area is 146 Å². The smallest absolute Gasteiger partial charge is 0.255 e. The summed E-state index contributed by atoms with van der Waals surface area (Å²) in [4.78, 5) is 16.2. The average Bonchev–Trinajstić information content (AvgIpc) is 2.58. The number of aryl methyl sites for hydroxylation is 1. The molecular formula is C19H22FN3O2. The minimum atomic E-state index is -0.474. The monoisotopic (exact) mass is 343 g/mol. The first-order chi connectivity index (χ1) is 12.0. The molecule has 0 bridgehead atoms. The summed E-state index contributed by atoms with van der Waals surface area (Å²) in [7, 11) is 0. The van der Waals surface area contributed by atoms with Crippen molar-refractivity contribution in [2.24, 2.45) is 0 Å². The fraction of sp³-hybridized carbons (Fsp3) is 0.263. The first-order valence-electron chi connectivity index (χ1n) is 8.05. The third-order valence-electron chi connectivity index (χ3n) is 3.57. The van der Waals surface area contributed by atoms with Gasteiger partial charge in [0.2, 0.25) is 0 Å². The molecule has 0 atom stereocenters. The van der Waals surface area contributed by atoms with Crippen molar-refractivity contribution in [3.8, 4) is 5.75 Å². The fourth-order valence-corrected chi connectivity index (χ4v) is 2.25. The van der Waals surface area contributed by atoms with Gasteiger partial charge in [0.25, 0.3) is 5.91 Å². The number of hydrogen-bond donors (Lipinski definition) is 2. The van der Waals surface area contributed by atoms with E-state index in [9.17, 15) is 9.18 Å². The van der Waals surface area contributed by atoms with Gasteiger partial charge in [-0.15, -0.1) is 0 Å². The van der Waals surface area contributed by atoms with Gasteiger partial charge in [-0.2, -0.15) is 0 Å². The van der Waals surface area contributed by atoms with Gasteiger partial charge in [-0.1, -0.05) is 24.3 Å². The van der Waals surface area contributed by atoms with Gasteiger partial charge < -0.3 is 15.8 Å². The van der Waals surface area contributed by atoms with E-state index in [1.807, 2.05) is 19.1 Å². The molecule has 0 aliphatic rings. The lowest BCUT2D eigenvalue weighted by molar-refractivity contribution is 0.0951. The summed E-state index contributed by atoms with van der Waals surface area (Å²) in [5.41, 5.74) is 7.09. The number of nitrogens with one attached hydrogen (secondary N) is 1. The lowest BCUT2D eigenvalue weighted by atomic mass is 10.1. The lowest BCUT2D eigenvalue weighted by Gasteiger charge is -2.11. The number of halogens is 1. The number of aromatic nitrogens is 1. The maximum Gasteiger partial charge on any atom is 0.255 e. The predicted octanol–water partition coefficient (Wildman–Crippen LogP) is 3.39. The molecule has 0 spiro atoms. The zero-order valence-corrected chi connectivity index (χ0v) is 14.4. The van der Waals surface area contributed by atoms with Crippen LogP contribution in [0.25, 0.3) is 0 Å². The Morgan fingerprint density at radius 3 is 2.88 bits per heavy atom. The molecule has 0 aliphatic carbocycles. The summed E-state index contributed by atoms with van der Waals surface area (Å²) in [6.45, 7) is 4.13. The van der Waals surface area contributed by atoms with E-state index in [0.29, 0.717) is 18.6 Å². The van der Waals surface area contributed by atoms with Crippen LogP contribution < -0.4 is 15.8 Å². The van der Waals surface area contributed by atoms with E-state index in [-0.39, 0.29) is 23.7 Å². The summed E-state index contributed by atoms with van der Waals surface area (Å²) in [6, 6.07) is 8.16. The van der Waals surface area contributed by atoms with Crippen LogP contribution in [0.15, 0.2) is 42.5 Å². The molecule has 6 heteroatoms. The van der Waals surface area contributed by atoms with Gasteiger partial charge in [0.15, 0.2) is 11.6 Å². The van der Waals surface area contributed by atoms with Crippen molar-refractivity contribution >= 4 is 11.7 Å². The van der Waals surface area contributed by atoms with Crippen LogP contribution in [0.2, 0.25) is 0 Å². The number of nitrogens with zero attached hydrogens (tertiary/aromatic N) is 1. The summed E-state index contributed by atoms with van der Waals surface area (Å²) < 4.78 is 19.9. The molecule has 0 saturated heterocycles. The van der Waals surface area contributed by atoms with Gasteiger partial charge in [0, 0.05) is 17.8 Å². The fourth-order valence-electron chi connectivity index (χ4n) is 2.25. The zero-order chi connectivity index (χ0) is 18.2. The SMILES string of the molecule is CC=CCCOc1cccc(CNC(=O)c2ccc(C)nc2N)c1F. The Balaban J connectivity index is 2.01. The van der Waals surface area contributed by atoms with Crippen LogP contribution >= 0.6 is 0 Å². The van der Waals surface area contributed by atoms with Crippen LogP contribution in [0, 0.1) is 12.7 Å². The molecular weight excluding hydrogens is 321 g/mol. The van der Waals surface area contributed by atoms with E-state index in [1.54, 1.807) is 37.3 Å². The van der Waals surface area contributed by atoms with E-state index in [4.69, 9.17) is 10.5 Å². The standard InChI is InChI=1S/C19H22FN3O2/c1-3-4-5-11-25-16-8-6-7-14(17(16)20)12-22-19(24)15-10-9-13(2)23-18(15)21/h3-4,6-10H,5,11-12H2,1-2H3,(H2,21,23)(H,22,24). The highest BCUT2D eigenvalue weighted by Gasteiger charge is 2.13. The number of carbonyl (C=O) groups is 1. The second kappa shape index (κ2) is 8.82. The molecule has 0 saturated carbocycles. The highest BCUT2D eigenvalue weighted by atomic mass is 19.1. The van der Waals surface area contributed by atoms with E-state index in [1.165, 1.54) is 0 Å². The number of nitrogen functional groups attached to an aromatic ring is 1. The van der Waals surface area contributed by atoms with Gasteiger partial charge in [-0.3, -0.25) is 4.79 Å². The lowest BCUT2D eigenvalue weighted by Crippen LogP contribution is -2.24. The Morgan fingerprint density at radius 2 is 2.16 bits per heavy atom. The Bertz CT molecular complexity index is 775. The molecule has 132 valence electrons. The number of carbonyl (C=O) groups excluding carboxylic acids is 1. The first kappa shape index (κ1) is 18.4. The molecule has 1 heterocycles. The maximum absolute atomic E-state index is 14.4. The van der Waals surface area contributed by atoms with Crippen LogP contribution in [0.3, 0.4) is 0 Å². The highest BCUT2D eigenvalue weighted by Crippen LogP contribution is 2.21. The van der Waals surface area contributed by atoms with Crippen molar-refractivity contribution in [1.82, 2.24) is 10.3 Å². The van der Waals surface area contributed by atoms with Crippen molar-refractivity contribution in [3.63, 3.8) is 0 Å². The largest absolute Gasteiger partial charge is 0.490 e. The third kappa shape index (κ3) is 5.04. The van der Waals surface area contributed by atoms with Gasteiger partial charge in [0.05, 0.1) is 12.2 Å². The molecule has 0 unspecified atom stereocenters. The van der Waals surface area contributed by atoms with Crippen molar-refractivity contribution < 1.29 is 13.9 Å². The molecule has 25 heavy (non-hydrogen) atoms. The van der Waals surface area contributed by atoms with Gasteiger partial charge in [-0.05, 0) is 38.5 Å². The Morgan fingerprint density at radius 1 is 1.36 bits per heavy atom. The minimum absolute atomic E-state index is 0.0318. The summed E-state index contributed by atoms with van der Waals surface area (Å²) in [6.07, 6.45) is 4.57. The molecule has 5 nitrogen and oxygen atoms in total. The number of rotatable bonds is 7. The topological polar surface area (TPSA) is 77.2 Å². The summed E-state index contributed by atoms with van der Waals surface area (Å²) >= 11 is 0.